The first-order valence-electron chi connectivity index (χ1n) is 4.27. The van der Waals surface area contributed by atoms with Gasteiger partial charge in [-0.2, -0.15) is 0 Å². The third-order valence-electron chi connectivity index (χ3n) is 1.07. The second kappa shape index (κ2) is 16.7. The molecule has 0 atom stereocenters. The summed E-state index contributed by atoms with van der Waals surface area (Å²) in [5, 5.41) is 8.00. The first-order valence-corrected chi connectivity index (χ1v) is 4.27. The van der Waals surface area contributed by atoms with Gasteiger partial charge in [-0.3, -0.25) is 0 Å². The molecule has 0 aliphatic carbocycles. The van der Waals surface area contributed by atoms with Gasteiger partial charge in [0.25, 0.3) is 0 Å². The predicted molar refractivity (Wildman–Crippen MR) is 53.0 cm³/mol. The van der Waals surface area contributed by atoms with Crippen molar-refractivity contribution in [3.8, 4) is 0 Å². The maximum atomic E-state index is 8.00. The van der Waals surface area contributed by atoms with E-state index < -0.39 is 0 Å². The van der Waals surface area contributed by atoms with E-state index in [1.165, 1.54) is 12.7 Å². The molecule has 72 valence electrons. The van der Waals surface area contributed by atoms with Crippen LogP contribution in [-0.2, 0) is 4.74 Å². The Bertz CT molecular complexity index is 89.8. The molecule has 0 radical (unpaired) electrons. The lowest BCUT2D eigenvalue weighted by Crippen LogP contribution is -1.83. The molecule has 0 saturated carbocycles. The molecule has 0 aromatic carbocycles. The van der Waals surface area contributed by atoms with Crippen LogP contribution in [-0.4, -0.2) is 18.3 Å². The first kappa shape index (κ1) is 13.8. The van der Waals surface area contributed by atoms with Crippen LogP contribution in [0.4, 0.5) is 0 Å². The number of hydrogen-bond donors (Lipinski definition) is 1. The second-order valence-corrected chi connectivity index (χ2v) is 2.19. The van der Waals surface area contributed by atoms with Crippen LogP contribution in [0.2, 0.25) is 0 Å². The van der Waals surface area contributed by atoms with Gasteiger partial charge in [0.1, 0.15) is 0 Å². The third kappa shape index (κ3) is 22.8. The van der Waals surface area contributed by atoms with E-state index in [-0.39, 0.29) is 6.61 Å². The van der Waals surface area contributed by atoms with Crippen molar-refractivity contribution in [1.82, 2.24) is 0 Å². The van der Waals surface area contributed by atoms with Crippen LogP contribution in [0.3, 0.4) is 0 Å². The molecule has 0 saturated heterocycles. The summed E-state index contributed by atoms with van der Waals surface area (Å²) in [6.45, 7) is 9.98. The summed E-state index contributed by atoms with van der Waals surface area (Å²) in [7, 11) is 0. The van der Waals surface area contributed by atoms with E-state index in [1.54, 1.807) is 6.08 Å². The number of aliphatic hydroxyl groups is 1. The first-order chi connectivity index (χ1) is 5.83. The highest BCUT2D eigenvalue weighted by molar-refractivity contribution is 4.63. The van der Waals surface area contributed by atoms with Gasteiger partial charge in [0.2, 0.25) is 0 Å². The van der Waals surface area contributed by atoms with Crippen LogP contribution in [0.5, 0.6) is 0 Å². The van der Waals surface area contributed by atoms with Crippen LogP contribution in [0, 0.1) is 0 Å². The molecule has 0 fully saturated rings. The Morgan fingerprint density at radius 1 is 1.42 bits per heavy atom. The summed E-state index contributed by atoms with van der Waals surface area (Å²) in [5.41, 5.74) is 0. The fraction of sp³-hybridized carbons (Fsp3) is 0.600. The van der Waals surface area contributed by atoms with Gasteiger partial charge in [-0.05, 0) is 12.8 Å². The van der Waals surface area contributed by atoms with E-state index in [0.29, 0.717) is 6.42 Å². The zero-order valence-electron chi connectivity index (χ0n) is 7.96. The van der Waals surface area contributed by atoms with E-state index in [4.69, 9.17) is 9.84 Å². The van der Waals surface area contributed by atoms with Gasteiger partial charge in [-0.1, -0.05) is 26.0 Å². The monoisotopic (exact) mass is 172 g/mol. The predicted octanol–water partition coefficient (Wildman–Crippen LogP) is 2.50. The van der Waals surface area contributed by atoms with E-state index in [2.05, 4.69) is 20.1 Å². The van der Waals surface area contributed by atoms with Crippen molar-refractivity contribution in [3.63, 3.8) is 0 Å². The minimum Gasteiger partial charge on any atom is -0.502 e. The van der Waals surface area contributed by atoms with Crippen molar-refractivity contribution in [2.75, 3.05) is 13.2 Å². The van der Waals surface area contributed by atoms with E-state index in [9.17, 15) is 0 Å². The Morgan fingerprint density at radius 3 is 2.33 bits per heavy atom. The van der Waals surface area contributed by atoms with Gasteiger partial charge >= 0.3 is 0 Å². The number of aliphatic hydroxyl groups excluding tert-OH is 1. The molecule has 2 nitrogen and oxygen atoms in total. The van der Waals surface area contributed by atoms with Gasteiger partial charge in [-0.15, -0.1) is 6.58 Å². The summed E-state index contributed by atoms with van der Waals surface area (Å²) < 4.78 is 4.84. The van der Waals surface area contributed by atoms with Gasteiger partial charge < -0.3 is 9.84 Å². The molecule has 0 aromatic heterocycles. The van der Waals surface area contributed by atoms with Gasteiger partial charge in [-0.25, -0.2) is 0 Å². The molecule has 0 bridgehead atoms. The van der Waals surface area contributed by atoms with Crippen molar-refractivity contribution in [1.29, 1.82) is 0 Å². The van der Waals surface area contributed by atoms with E-state index in [0.717, 1.165) is 13.0 Å². The van der Waals surface area contributed by atoms with Crippen LogP contribution in [0.25, 0.3) is 0 Å². The summed E-state index contributed by atoms with van der Waals surface area (Å²) in [6.07, 6.45) is 6.19. The maximum Gasteiger partial charge on any atom is 0.0872 e. The Balaban J connectivity index is 0. The second-order valence-electron chi connectivity index (χ2n) is 2.19. The standard InChI is InChI=1S/C6H12O.C4H8O/c1-3-5-6-7-4-2;1-2-3-4-5/h4H,2-3,5-6H2,1H3;2,5H,1,3-4H2. The quantitative estimate of drug-likeness (QED) is 0.379. The maximum absolute atomic E-state index is 8.00. The van der Waals surface area contributed by atoms with E-state index >= 15 is 0 Å². The highest BCUT2D eigenvalue weighted by Gasteiger charge is 1.76. The molecule has 12 heavy (non-hydrogen) atoms. The molecule has 0 aromatic rings. The zero-order chi connectivity index (χ0) is 9.66. The number of hydrogen-bond acceptors (Lipinski definition) is 2. The summed E-state index contributed by atoms with van der Waals surface area (Å²) in [4.78, 5) is 0. The zero-order valence-corrected chi connectivity index (χ0v) is 7.96. The Hall–Kier alpha value is -0.760. The molecular formula is C10H20O2. The van der Waals surface area contributed by atoms with Crippen molar-refractivity contribution in [2.24, 2.45) is 0 Å². The highest BCUT2D eigenvalue weighted by Crippen LogP contribution is 1.85. The molecule has 0 unspecified atom stereocenters. The number of ether oxygens (including phenoxy) is 1. The Kier molecular flexibility index (Phi) is 19.2. The lowest BCUT2D eigenvalue weighted by Gasteiger charge is -1.93. The van der Waals surface area contributed by atoms with Crippen LogP contribution in [0.1, 0.15) is 26.2 Å². The van der Waals surface area contributed by atoms with Gasteiger partial charge in [0.15, 0.2) is 0 Å². The molecule has 0 rings (SSSR count). The topological polar surface area (TPSA) is 29.5 Å². The summed E-state index contributed by atoms with van der Waals surface area (Å²) in [5.74, 6) is 0. The van der Waals surface area contributed by atoms with Crippen molar-refractivity contribution in [2.45, 2.75) is 26.2 Å². The fourth-order valence-electron chi connectivity index (χ4n) is 0.402. The van der Waals surface area contributed by atoms with Crippen molar-refractivity contribution in [3.05, 3.63) is 25.5 Å². The minimum atomic E-state index is 0.226. The van der Waals surface area contributed by atoms with Crippen LogP contribution >= 0.6 is 0 Å². The molecule has 0 aliphatic heterocycles. The smallest absolute Gasteiger partial charge is 0.0872 e. The summed E-state index contributed by atoms with van der Waals surface area (Å²) >= 11 is 0. The van der Waals surface area contributed by atoms with E-state index in [1.807, 2.05) is 0 Å². The SMILES string of the molecule is C=CCCO.C=COCCCC. The lowest BCUT2D eigenvalue weighted by molar-refractivity contribution is 0.245. The average Bonchev–Trinajstić information content (AvgIpc) is 2.08. The molecule has 0 aliphatic rings. The number of unbranched alkanes of at least 4 members (excludes halogenated alkanes) is 1. The normalized spacial score (nSPS) is 7.83. The van der Waals surface area contributed by atoms with Crippen LogP contribution in [0.15, 0.2) is 25.5 Å². The Labute approximate surface area is 75.6 Å². The minimum absolute atomic E-state index is 0.226. The molecule has 0 spiro atoms. The van der Waals surface area contributed by atoms with Crippen LogP contribution < -0.4 is 0 Å². The Morgan fingerprint density at radius 2 is 2.08 bits per heavy atom. The highest BCUT2D eigenvalue weighted by atomic mass is 16.5. The average molecular weight is 172 g/mol. The van der Waals surface area contributed by atoms with Crippen molar-refractivity contribution < 1.29 is 9.84 Å². The molecule has 1 N–H and O–H groups in total. The van der Waals surface area contributed by atoms with Crippen molar-refractivity contribution >= 4 is 0 Å². The molecule has 0 amide bonds. The number of rotatable bonds is 6. The lowest BCUT2D eigenvalue weighted by atomic mass is 10.4. The molecule has 2 heteroatoms. The van der Waals surface area contributed by atoms with Gasteiger partial charge in [0, 0.05) is 6.61 Å². The molecule has 0 heterocycles. The summed E-state index contributed by atoms with van der Waals surface area (Å²) in [6, 6.07) is 0. The largest absolute Gasteiger partial charge is 0.502 e. The molecular weight excluding hydrogens is 152 g/mol. The van der Waals surface area contributed by atoms with Gasteiger partial charge in [0.05, 0.1) is 12.9 Å². The third-order valence-corrected chi connectivity index (χ3v) is 1.07. The fourth-order valence-corrected chi connectivity index (χ4v) is 0.402.